The molecule has 1 saturated heterocycles. The molecule has 1 fully saturated rings. The Balaban J connectivity index is 2.11. The van der Waals surface area contributed by atoms with Crippen LogP contribution >= 0.6 is 11.6 Å². The maximum atomic E-state index is 12.1. The Labute approximate surface area is 115 Å². The molecule has 1 aromatic rings. The number of primary amides is 1. The first-order valence-corrected chi connectivity index (χ1v) is 6.25. The number of aromatic nitrogens is 1. The highest BCUT2D eigenvalue weighted by atomic mass is 35.5. The fourth-order valence-electron chi connectivity index (χ4n) is 2.13. The minimum absolute atomic E-state index is 0.121. The van der Waals surface area contributed by atoms with Gasteiger partial charge in [-0.05, 0) is 19.1 Å². The second-order valence-corrected chi connectivity index (χ2v) is 4.72. The van der Waals surface area contributed by atoms with E-state index in [1.807, 2.05) is 0 Å². The Morgan fingerprint density at radius 3 is 2.89 bits per heavy atom. The highest BCUT2D eigenvalue weighted by Crippen LogP contribution is 2.25. The molecule has 1 unspecified atom stereocenters. The van der Waals surface area contributed by atoms with Crippen molar-refractivity contribution in [3.8, 4) is 0 Å². The number of amides is 2. The lowest BCUT2D eigenvalue weighted by molar-refractivity contribution is -0.122. The molecule has 2 amide bonds. The molecule has 6 nitrogen and oxygen atoms in total. The van der Waals surface area contributed by atoms with E-state index in [1.54, 1.807) is 24.0 Å². The van der Waals surface area contributed by atoms with Crippen molar-refractivity contribution in [1.82, 2.24) is 4.98 Å². The van der Waals surface area contributed by atoms with E-state index in [0.29, 0.717) is 23.8 Å². The van der Waals surface area contributed by atoms with Crippen molar-refractivity contribution >= 4 is 29.3 Å². The molecular weight excluding hydrogens is 270 g/mol. The number of pyridine rings is 1. The number of carbonyl (C=O) groups is 2. The van der Waals surface area contributed by atoms with Crippen LogP contribution in [0.4, 0.5) is 10.5 Å². The summed E-state index contributed by atoms with van der Waals surface area (Å²) in [7, 11) is 0. The van der Waals surface area contributed by atoms with Gasteiger partial charge in [-0.3, -0.25) is 4.79 Å². The summed E-state index contributed by atoms with van der Waals surface area (Å²) in [6.07, 6.45) is -0.612. The summed E-state index contributed by atoms with van der Waals surface area (Å²) in [5.41, 5.74) is 6.36. The molecule has 0 aromatic carbocycles. The maximum Gasteiger partial charge on any atom is 0.404 e. The van der Waals surface area contributed by atoms with Gasteiger partial charge < -0.3 is 15.4 Å². The summed E-state index contributed by atoms with van der Waals surface area (Å²) in [4.78, 5) is 28.5. The van der Waals surface area contributed by atoms with E-state index in [0.717, 1.165) is 5.69 Å². The third-order valence-electron chi connectivity index (χ3n) is 2.98. The van der Waals surface area contributed by atoms with Crippen LogP contribution in [-0.4, -0.2) is 29.6 Å². The third-order valence-corrected chi connectivity index (χ3v) is 3.19. The van der Waals surface area contributed by atoms with E-state index in [1.165, 1.54) is 0 Å². The Morgan fingerprint density at radius 2 is 2.32 bits per heavy atom. The molecule has 7 heteroatoms. The molecule has 2 heterocycles. The number of rotatable bonds is 2. The van der Waals surface area contributed by atoms with Crippen LogP contribution in [0.5, 0.6) is 0 Å². The van der Waals surface area contributed by atoms with Gasteiger partial charge in [0.25, 0.3) is 0 Å². The topological polar surface area (TPSA) is 85.5 Å². The molecule has 0 bridgehead atoms. The van der Waals surface area contributed by atoms with Crippen LogP contribution in [0.2, 0.25) is 5.15 Å². The summed E-state index contributed by atoms with van der Waals surface area (Å²) in [5.74, 6) is -0.121. The van der Waals surface area contributed by atoms with Gasteiger partial charge in [-0.15, -0.1) is 0 Å². The van der Waals surface area contributed by atoms with Crippen LogP contribution in [0.3, 0.4) is 0 Å². The quantitative estimate of drug-likeness (QED) is 0.836. The van der Waals surface area contributed by atoms with Gasteiger partial charge in [-0.25, -0.2) is 9.78 Å². The first-order valence-electron chi connectivity index (χ1n) is 5.87. The average molecular weight is 284 g/mol. The highest BCUT2D eigenvalue weighted by Gasteiger charge is 2.29. The van der Waals surface area contributed by atoms with Crippen molar-refractivity contribution < 1.29 is 14.3 Å². The van der Waals surface area contributed by atoms with Gasteiger partial charge in [0.1, 0.15) is 11.3 Å². The molecule has 2 rings (SSSR count). The molecule has 1 atom stereocenters. The molecule has 0 aliphatic carbocycles. The van der Waals surface area contributed by atoms with E-state index in [2.05, 4.69) is 4.98 Å². The van der Waals surface area contributed by atoms with Crippen LogP contribution < -0.4 is 10.6 Å². The molecule has 0 spiro atoms. The van der Waals surface area contributed by atoms with Crippen molar-refractivity contribution in [2.24, 2.45) is 5.73 Å². The lowest BCUT2D eigenvalue weighted by atomic mass is 10.1. The smallest absolute Gasteiger partial charge is 0.404 e. The van der Waals surface area contributed by atoms with Gasteiger partial charge in [-0.2, -0.15) is 0 Å². The van der Waals surface area contributed by atoms with Crippen molar-refractivity contribution in [2.75, 3.05) is 11.4 Å². The van der Waals surface area contributed by atoms with E-state index in [9.17, 15) is 9.59 Å². The maximum absolute atomic E-state index is 12.1. The lowest BCUT2D eigenvalue weighted by Crippen LogP contribution is -2.43. The first kappa shape index (κ1) is 13.6. The van der Waals surface area contributed by atoms with Gasteiger partial charge in [0.2, 0.25) is 5.91 Å². The minimum Gasteiger partial charge on any atom is -0.446 e. The number of anilines is 1. The van der Waals surface area contributed by atoms with Crippen molar-refractivity contribution in [3.63, 3.8) is 0 Å². The van der Waals surface area contributed by atoms with Gasteiger partial charge in [0, 0.05) is 13.0 Å². The van der Waals surface area contributed by atoms with Gasteiger partial charge in [0.15, 0.2) is 0 Å². The third kappa shape index (κ3) is 3.14. The van der Waals surface area contributed by atoms with Gasteiger partial charge in [-0.1, -0.05) is 11.6 Å². The second-order valence-electron chi connectivity index (χ2n) is 4.34. The van der Waals surface area contributed by atoms with E-state index in [4.69, 9.17) is 22.1 Å². The van der Waals surface area contributed by atoms with Crippen LogP contribution in [0.15, 0.2) is 12.1 Å². The van der Waals surface area contributed by atoms with Crippen molar-refractivity contribution in [1.29, 1.82) is 0 Å². The molecule has 19 heavy (non-hydrogen) atoms. The summed E-state index contributed by atoms with van der Waals surface area (Å²) < 4.78 is 4.85. The zero-order valence-electron chi connectivity index (χ0n) is 10.4. The average Bonchev–Trinajstić information content (AvgIpc) is 2.30. The number of halogens is 1. The zero-order valence-corrected chi connectivity index (χ0v) is 11.2. The molecule has 1 aromatic heterocycles. The largest absolute Gasteiger partial charge is 0.446 e. The lowest BCUT2D eigenvalue weighted by Gasteiger charge is -2.31. The molecule has 102 valence electrons. The Bertz CT molecular complexity index is 521. The number of nitrogens with two attached hydrogens (primary N) is 1. The minimum atomic E-state index is -0.851. The standard InChI is InChI=1S/C12H14ClN3O3/c1-7-9(2-3-10(13)15-7)16-5-4-8(6-11(16)17)19-12(14)18/h2-3,8H,4-6H2,1H3,(H2,14,18). The normalized spacial score (nSPS) is 19.4. The second kappa shape index (κ2) is 5.44. The fourth-order valence-corrected chi connectivity index (χ4v) is 2.32. The SMILES string of the molecule is Cc1nc(Cl)ccc1N1CCC(OC(N)=O)CC1=O. The number of carbonyl (C=O) groups excluding carboxylic acids is 2. The summed E-state index contributed by atoms with van der Waals surface area (Å²) in [5, 5.41) is 0.389. The Kier molecular flexibility index (Phi) is 3.90. The Hall–Kier alpha value is -1.82. The van der Waals surface area contributed by atoms with Crippen molar-refractivity contribution in [2.45, 2.75) is 25.9 Å². The molecule has 2 N–H and O–H groups in total. The molecular formula is C12H14ClN3O3. The number of hydrogen-bond donors (Lipinski definition) is 1. The zero-order chi connectivity index (χ0) is 14.0. The number of hydrogen-bond acceptors (Lipinski definition) is 4. The molecule has 0 saturated carbocycles. The monoisotopic (exact) mass is 283 g/mol. The number of aryl methyl sites for hydroxylation is 1. The van der Waals surface area contributed by atoms with E-state index >= 15 is 0 Å². The highest BCUT2D eigenvalue weighted by molar-refractivity contribution is 6.29. The molecule has 1 aliphatic rings. The summed E-state index contributed by atoms with van der Waals surface area (Å²) >= 11 is 5.79. The number of ether oxygens (including phenoxy) is 1. The van der Waals surface area contributed by atoms with Gasteiger partial charge >= 0.3 is 6.09 Å². The van der Waals surface area contributed by atoms with Crippen LogP contribution in [0, 0.1) is 6.92 Å². The van der Waals surface area contributed by atoms with Crippen LogP contribution in [0.1, 0.15) is 18.5 Å². The number of nitrogens with zero attached hydrogens (tertiary/aromatic N) is 2. The fraction of sp³-hybridized carbons (Fsp3) is 0.417. The van der Waals surface area contributed by atoms with E-state index in [-0.39, 0.29) is 12.3 Å². The molecule has 1 aliphatic heterocycles. The molecule has 0 radical (unpaired) electrons. The van der Waals surface area contributed by atoms with E-state index < -0.39 is 12.2 Å². The van der Waals surface area contributed by atoms with Crippen molar-refractivity contribution in [3.05, 3.63) is 23.0 Å². The first-order chi connectivity index (χ1) is 8.97. The predicted molar refractivity (Wildman–Crippen MR) is 70.0 cm³/mol. The van der Waals surface area contributed by atoms with Crippen LogP contribution in [0.25, 0.3) is 0 Å². The van der Waals surface area contributed by atoms with Gasteiger partial charge in [0.05, 0.1) is 17.8 Å². The summed E-state index contributed by atoms with van der Waals surface area (Å²) in [6, 6.07) is 3.40. The van der Waals surface area contributed by atoms with Crippen LogP contribution in [-0.2, 0) is 9.53 Å². The Morgan fingerprint density at radius 1 is 1.58 bits per heavy atom. The summed E-state index contributed by atoms with van der Waals surface area (Å²) in [6.45, 7) is 2.25. The predicted octanol–water partition coefficient (Wildman–Crippen LogP) is 1.63. The number of piperidine rings is 1.